The van der Waals surface area contributed by atoms with E-state index in [1.54, 1.807) is 39.5 Å². The van der Waals surface area contributed by atoms with E-state index in [1.807, 2.05) is 6.07 Å². The molecule has 1 heterocycles. The largest absolute Gasteiger partial charge is 0.493 e. The fourth-order valence-corrected chi connectivity index (χ4v) is 8.40. The fraction of sp³-hybridized carbons (Fsp3) is 0.357. The summed E-state index contributed by atoms with van der Waals surface area (Å²) in [6.07, 6.45) is 0.529. The Hall–Kier alpha value is -6.31. The number of Topliss-reactive ketones (excluding diaryl/α,β-unsaturated/α-hetero) is 1. The van der Waals surface area contributed by atoms with Gasteiger partial charge in [-0.25, -0.2) is 0 Å². The van der Waals surface area contributed by atoms with E-state index in [9.17, 15) is 0 Å². The van der Waals surface area contributed by atoms with Gasteiger partial charge in [0.05, 0.1) is 85.3 Å². The van der Waals surface area contributed by atoms with Crippen molar-refractivity contribution in [2.75, 3.05) is 85.3 Å². The minimum absolute atomic E-state index is 0.183. The third kappa shape index (κ3) is 4.97. The molecule has 1 spiro atoms. The first kappa shape index (κ1) is 38.0. The van der Waals surface area contributed by atoms with Crippen LogP contribution in [0.5, 0.6) is 74.7 Å². The molecule has 1 atom stereocenters. The monoisotopic (exact) mass is 772 g/mol. The Morgan fingerprint density at radius 2 is 0.875 bits per heavy atom. The molecule has 5 aromatic carbocycles. The van der Waals surface area contributed by atoms with Gasteiger partial charge in [-0.05, 0) is 36.1 Å². The Bertz CT molecular complexity index is 2420. The zero-order valence-corrected chi connectivity index (χ0v) is 33.4. The summed E-state index contributed by atoms with van der Waals surface area (Å²) >= 11 is 0. The van der Waals surface area contributed by atoms with E-state index in [2.05, 4.69) is 0 Å². The van der Waals surface area contributed by atoms with Gasteiger partial charge in [-0.1, -0.05) is 0 Å². The van der Waals surface area contributed by atoms with Crippen molar-refractivity contribution < 1.29 is 66.4 Å². The van der Waals surface area contributed by atoms with Gasteiger partial charge in [-0.2, -0.15) is 0 Å². The Labute approximate surface area is 323 Å². The molecule has 1 aliphatic heterocycles. The average molecular weight is 773 g/mol. The molecule has 0 saturated carbocycles. The SMILES string of the molecule is COc1cc2c(c(OC)c1OC)-c1c(cc(OC)c(OC)c1OC)C1(CCc3c(c4cc(OC)c(OC)c(OC)c4c4c(OC)c(OC)c(OC)cc34)O1)C2=O. The van der Waals surface area contributed by atoms with E-state index in [4.69, 9.17) is 61.6 Å². The lowest BCUT2D eigenvalue weighted by molar-refractivity contribution is 0.0333. The summed E-state index contributed by atoms with van der Waals surface area (Å²) in [6, 6.07) is 7.06. The van der Waals surface area contributed by atoms with Crippen molar-refractivity contribution in [2.24, 2.45) is 0 Å². The molecule has 0 amide bonds. The summed E-state index contributed by atoms with van der Waals surface area (Å²) in [5.41, 5.74) is 0.761. The van der Waals surface area contributed by atoms with Crippen molar-refractivity contribution in [1.29, 1.82) is 0 Å². The minimum atomic E-state index is -1.66. The molecule has 0 N–H and O–H groups in total. The van der Waals surface area contributed by atoms with Crippen LogP contribution in [-0.2, 0) is 12.0 Å². The number of fused-ring (bicyclic) bond motifs is 10. The molecule has 0 bridgehead atoms. The van der Waals surface area contributed by atoms with Gasteiger partial charge in [0.2, 0.25) is 28.8 Å². The second kappa shape index (κ2) is 14.4. The molecule has 14 nitrogen and oxygen atoms in total. The molecule has 1 aliphatic carbocycles. The summed E-state index contributed by atoms with van der Waals surface area (Å²) in [6.45, 7) is 0. The van der Waals surface area contributed by atoms with Gasteiger partial charge in [0.15, 0.2) is 51.6 Å². The molecule has 5 aromatic rings. The number of ketones is 1. The van der Waals surface area contributed by atoms with E-state index < -0.39 is 5.60 Å². The number of hydrogen-bond acceptors (Lipinski definition) is 14. The van der Waals surface area contributed by atoms with Gasteiger partial charge in [0, 0.05) is 50.4 Å². The number of benzene rings is 5. The molecule has 0 fully saturated rings. The van der Waals surface area contributed by atoms with E-state index in [1.165, 1.54) is 64.0 Å². The van der Waals surface area contributed by atoms with E-state index in [-0.39, 0.29) is 29.3 Å². The van der Waals surface area contributed by atoms with Crippen molar-refractivity contribution in [3.05, 3.63) is 41.0 Å². The zero-order chi connectivity index (χ0) is 40.2. The standard InChI is InChI=1S/C42H44O14/c1-44-24-15-20-19-13-14-42(56-32(19)21-16-25(45-2)34(49-6)38(53-10)29(21)28(20)37(52-9)33(24)48-5)23-18-27(47-4)36(51-8)40(55-12)31(23)30-22(41(42)43)17-26(46-3)35(50-7)39(30)54-11/h15-18H,13-14H2,1-12H3. The lowest BCUT2D eigenvalue weighted by Crippen LogP contribution is -2.47. The van der Waals surface area contributed by atoms with Crippen molar-refractivity contribution in [3.8, 4) is 85.9 Å². The molecule has 0 radical (unpaired) electrons. The molecule has 296 valence electrons. The lowest BCUT2D eigenvalue weighted by Gasteiger charge is -2.43. The van der Waals surface area contributed by atoms with Crippen molar-refractivity contribution in [1.82, 2.24) is 0 Å². The summed E-state index contributed by atoms with van der Waals surface area (Å²) in [4.78, 5) is 15.6. The van der Waals surface area contributed by atoms with Gasteiger partial charge in [0.25, 0.3) is 0 Å². The summed E-state index contributed by atoms with van der Waals surface area (Å²) in [5.74, 6) is 4.10. The minimum Gasteiger partial charge on any atom is -0.493 e. The van der Waals surface area contributed by atoms with Crippen LogP contribution >= 0.6 is 0 Å². The van der Waals surface area contributed by atoms with Gasteiger partial charge in [-0.3, -0.25) is 4.79 Å². The van der Waals surface area contributed by atoms with Crippen LogP contribution < -0.4 is 61.6 Å². The second-order valence-corrected chi connectivity index (χ2v) is 12.8. The van der Waals surface area contributed by atoms with Crippen molar-refractivity contribution in [3.63, 3.8) is 0 Å². The third-order valence-electron chi connectivity index (χ3n) is 10.7. The van der Waals surface area contributed by atoms with E-state index in [0.717, 1.165) is 10.9 Å². The summed E-state index contributed by atoms with van der Waals surface area (Å²) in [7, 11) is 18.3. The van der Waals surface area contributed by atoms with E-state index >= 15 is 4.79 Å². The molecule has 0 saturated heterocycles. The molecule has 2 aliphatic rings. The molecule has 56 heavy (non-hydrogen) atoms. The maximum absolute atomic E-state index is 15.6. The highest BCUT2D eigenvalue weighted by molar-refractivity contribution is 6.21. The molecule has 14 heteroatoms. The first-order valence-electron chi connectivity index (χ1n) is 17.5. The number of methoxy groups -OCH3 is 12. The third-order valence-corrected chi connectivity index (χ3v) is 10.7. The highest BCUT2D eigenvalue weighted by Crippen LogP contribution is 2.63. The van der Waals surface area contributed by atoms with Gasteiger partial charge in [-0.15, -0.1) is 0 Å². The second-order valence-electron chi connectivity index (χ2n) is 12.8. The normalized spacial score (nSPS) is 15.2. The Balaban J connectivity index is 1.68. The van der Waals surface area contributed by atoms with Crippen LogP contribution in [0.25, 0.3) is 32.7 Å². The van der Waals surface area contributed by atoms with Crippen LogP contribution in [0.3, 0.4) is 0 Å². The van der Waals surface area contributed by atoms with Crippen LogP contribution in [0.15, 0.2) is 24.3 Å². The van der Waals surface area contributed by atoms with Gasteiger partial charge < -0.3 is 61.6 Å². The highest BCUT2D eigenvalue weighted by Gasteiger charge is 2.54. The van der Waals surface area contributed by atoms with Crippen LogP contribution in [0.1, 0.15) is 27.9 Å². The summed E-state index contributed by atoms with van der Waals surface area (Å²) in [5, 5.41) is 2.51. The number of hydrogen-bond donors (Lipinski definition) is 0. The lowest BCUT2D eigenvalue weighted by atomic mass is 9.69. The van der Waals surface area contributed by atoms with Crippen molar-refractivity contribution >= 4 is 27.3 Å². The Morgan fingerprint density at radius 3 is 1.36 bits per heavy atom. The molecular formula is C42H44O14. The average Bonchev–Trinajstić information content (AvgIpc) is 3.24. The maximum Gasteiger partial charge on any atom is 0.211 e. The summed E-state index contributed by atoms with van der Waals surface area (Å²) < 4.78 is 78.3. The van der Waals surface area contributed by atoms with Crippen LogP contribution in [0, 0.1) is 0 Å². The van der Waals surface area contributed by atoms with Crippen LogP contribution in [0.2, 0.25) is 0 Å². The smallest absolute Gasteiger partial charge is 0.211 e. The first-order valence-corrected chi connectivity index (χ1v) is 17.5. The number of carbonyl (C=O) groups is 1. The van der Waals surface area contributed by atoms with Gasteiger partial charge in [0.1, 0.15) is 5.75 Å². The van der Waals surface area contributed by atoms with Crippen LogP contribution in [-0.4, -0.2) is 91.1 Å². The molecule has 7 rings (SSSR count). The molecule has 0 aromatic heterocycles. The quantitative estimate of drug-likeness (QED) is 0.118. The Kier molecular flexibility index (Phi) is 9.77. The van der Waals surface area contributed by atoms with Crippen LogP contribution in [0.4, 0.5) is 0 Å². The fourth-order valence-electron chi connectivity index (χ4n) is 8.40. The highest BCUT2D eigenvalue weighted by atomic mass is 16.6. The number of rotatable bonds is 12. The zero-order valence-electron chi connectivity index (χ0n) is 33.4. The van der Waals surface area contributed by atoms with Crippen molar-refractivity contribution in [2.45, 2.75) is 18.4 Å². The number of aryl methyl sites for hydroxylation is 1. The number of carbonyl (C=O) groups excluding carboxylic acids is 1. The maximum atomic E-state index is 15.6. The van der Waals surface area contributed by atoms with Gasteiger partial charge >= 0.3 is 0 Å². The number of ether oxygens (including phenoxy) is 13. The predicted molar refractivity (Wildman–Crippen MR) is 207 cm³/mol. The topological polar surface area (TPSA) is 137 Å². The predicted octanol–water partition coefficient (Wildman–Crippen LogP) is 7.18. The molecule has 1 unspecified atom stereocenters. The van der Waals surface area contributed by atoms with E-state index in [0.29, 0.717) is 103 Å². The Morgan fingerprint density at radius 1 is 0.464 bits per heavy atom. The molecular weight excluding hydrogens is 728 g/mol. The first-order chi connectivity index (χ1) is 27.2.